The van der Waals surface area contributed by atoms with E-state index in [0.29, 0.717) is 12.5 Å². The number of nitrogens with one attached hydrogen (secondary N) is 2. The van der Waals surface area contributed by atoms with E-state index in [1.807, 2.05) is 0 Å². The number of sulfonamides is 1. The second-order valence-corrected chi connectivity index (χ2v) is 8.57. The van der Waals surface area contributed by atoms with Gasteiger partial charge in [-0.3, -0.25) is 4.90 Å². The number of nitrogens with zero attached hydrogens (tertiary/aromatic N) is 1. The zero-order valence-corrected chi connectivity index (χ0v) is 14.8. The van der Waals surface area contributed by atoms with Crippen LogP contribution in [0.1, 0.15) is 23.2 Å². The number of benzene rings is 1. The standard InChI is InChI=1S/C17H25N3O2S/c1-12-5-4-6-15-13(2)16(19-17(12)15)11-20-8-7-14(10-20)9-18-23(3,21)22/h4-6,14,18-19H,7-11H2,1-3H3/t14-/m0/s1. The topological polar surface area (TPSA) is 65.2 Å². The number of aryl methyl sites for hydroxylation is 2. The fraction of sp³-hybridized carbons (Fsp3) is 0.529. The highest BCUT2D eigenvalue weighted by Gasteiger charge is 2.24. The molecule has 2 aromatic rings. The predicted molar refractivity (Wildman–Crippen MR) is 94.0 cm³/mol. The van der Waals surface area contributed by atoms with Gasteiger partial charge in [-0.05, 0) is 43.9 Å². The number of rotatable bonds is 5. The van der Waals surface area contributed by atoms with Crippen LogP contribution in [0.25, 0.3) is 10.9 Å². The van der Waals surface area contributed by atoms with Crippen molar-refractivity contribution in [3.63, 3.8) is 0 Å². The van der Waals surface area contributed by atoms with Crippen LogP contribution < -0.4 is 4.72 Å². The van der Waals surface area contributed by atoms with Crippen LogP contribution in [0.3, 0.4) is 0 Å². The van der Waals surface area contributed by atoms with Crippen LogP contribution >= 0.6 is 0 Å². The molecule has 1 aromatic heterocycles. The van der Waals surface area contributed by atoms with E-state index in [-0.39, 0.29) is 0 Å². The monoisotopic (exact) mass is 335 g/mol. The van der Waals surface area contributed by atoms with E-state index < -0.39 is 10.0 Å². The molecule has 0 unspecified atom stereocenters. The zero-order chi connectivity index (χ0) is 16.6. The molecule has 1 fully saturated rings. The van der Waals surface area contributed by atoms with E-state index in [0.717, 1.165) is 26.1 Å². The van der Waals surface area contributed by atoms with Crippen LogP contribution in [-0.2, 0) is 16.6 Å². The molecule has 1 saturated heterocycles. The van der Waals surface area contributed by atoms with E-state index in [2.05, 4.69) is 46.7 Å². The first-order valence-corrected chi connectivity index (χ1v) is 9.96. The van der Waals surface area contributed by atoms with Crippen LogP contribution in [-0.4, -0.2) is 44.2 Å². The molecule has 6 heteroatoms. The average Bonchev–Trinajstić information content (AvgIpc) is 3.04. The SMILES string of the molecule is Cc1c(CN2CC[C@@H](CNS(C)(=O)=O)C2)[nH]c2c(C)cccc12. The second kappa shape index (κ2) is 6.26. The Labute approximate surface area is 138 Å². The van der Waals surface area contributed by atoms with Crippen molar-refractivity contribution in [2.24, 2.45) is 5.92 Å². The summed E-state index contributed by atoms with van der Waals surface area (Å²) < 4.78 is 25.0. The number of fused-ring (bicyclic) bond motifs is 1. The number of hydrogen-bond acceptors (Lipinski definition) is 3. The van der Waals surface area contributed by atoms with E-state index in [1.54, 1.807) is 0 Å². The number of aromatic nitrogens is 1. The number of H-pyrrole nitrogens is 1. The summed E-state index contributed by atoms with van der Waals surface area (Å²) >= 11 is 0. The quantitative estimate of drug-likeness (QED) is 0.880. The first-order valence-electron chi connectivity index (χ1n) is 8.07. The van der Waals surface area contributed by atoms with Gasteiger partial charge in [0.2, 0.25) is 10.0 Å². The molecular weight excluding hydrogens is 310 g/mol. The Balaban J connectivity index is 1.67. The highest BCUT2D eigenvalue weighted by Crippen LogP contribution is 2.26. The van der Waals surface area contributed by atoms with Crippen molar-refractivity contribution in [3.8, 4) is 0 Å². The lowest BCUT2D eigenvalue weighted by molar-refractivity contribution is 0.313. The summed E-state index contributed by atoms with van der Waals surface area (Å²) in [6.07, 6.45) is 2.26. The molecule has 3 rings (SSSR count). The van der Waals surface area contributed by atoms with E-state index in [1.165, 1.54) is 34.0 Å². The summed E-state index contributed by atoms with van der Waals surface area (Å²) in [5, 5.41) is 1.30. The van der Waals surface area contributed by atoms with Crippen molar-refractivity contribution in [2.75, 3.05) is 25.9 Å². The summed E-state index contributed by atoms with van der Waals surface area (Å²) in [6, 6.07) is 6.40. The van der Waals surface area contributed by atoms with Gasteiger partial charge in [-0.25, -0.2) is 13.1 Å². The Morgan fingerprint density at radius 3 is 2.83 bits per heavy atom. The maximum Gasteiger partial charge on any atom is 0.208 e. The van der Waals surface area contributed by atoms with Crippen LogP contribution in [0.15, 0.2) is 18.2 Å². The van der Waals surface area contributed by atoms with Gasteiger partial charge in [0.1, 0.15) is 0 Å². The Hall–Kier alpha value is -1.37. The van der Waals surface area contributed by atoms with Gasteiger partial charge in [-0.1, -0.05) is 18.2 Å². The molecule has 5 nitrogen and oxygen atoms in total. The summed E-state index contributed by atoms with van der Waals surface area (Å²) in [5.74, 6) is 0.399. The van der Waals surface area contributed by atoms with E-state index >= 15 is 0 Å². The van der Waals surface area contributed by atoms with Gasteiger partial charge >= 0.3 is 0 Å². The molecular formula is C17H25N3O2S. The lowest BCUT2D eigenvalue weighted by atomic mass is 10.1. The normalized spacial score (nSPS) is 19.7. The van der Waals surface area contributed by atoms with Crippen LogP contribution in [0.2, 0.25) is 0 Å². The molecule has 2 heterocycles. The molecule has 0 amide bonds. The minimum absolute atomic E-state index is 0.399. The lowest BCUT2D eigenvalue weighted by Crippen LogP contribution is -2.30. The fourth-order valence-electron chi connectivity index (χ4n) is 3.43. The number of para-hydroxylation sites is 1. The smallest absolute Gasteiger partial charge is 0.208 e. The Bertz CT molecular complexity index is 811. The minimum atomic E-state index is -3.09. The van der Waals surface area contributed by atoms with E-state index in [9.17, 15) is 8.42 Å². The molecule has 1 aliphatic rings. The lowest BCUT2D eigenvalue weighted by Gasteiger charge is -2.16. The van der Waals surface area contributed by atoms with Crippen LogP contribution in [0, 0.1) is 19.8 Å². The molecule has 0 aliphatic carbocycles. The largest absolute Gasteiger partial charge is 0.357 e. The maximum atomic E-state index is 11.2. The molecule has 126 valence electrons. The van der Waals surface area contributed by atoms with E-state index in [4.69, 9.17) is 0 Å². The first kappa shape index (κ1) is 16.5. The fourth-order valence-corrected chi connectivity index (χ4v) is 3.97. The zero-order valence-electron chi connectivity index (χ0n) is 14.0. The van der Waals surface area contributed by atoms with Crippen molar-refractivity contribution in [1.29, 1.82) is 0 Å². The second-order valence-electron chi connectivity index (χ2n) is 6.74. The Morgan fingerprint density at radius 2 is 2.13 bits per heavy atom. The summed E-state index contributed by atoms with van der Waals surface area (Å²) in [4.78, 5) is 5.98. The highest BCUT2D eigenvalue weighted by molar-refractivity contribution is 7.88. The van der Waals surface area contributed by atoms with Crippen LogP contribution in [0.5, 0.6) is 0 Å². The predicted octanol–water partition coefficient (Wildman–Crippen LogP) is 2.16. The third kappa shape index (κ3) is 3.76. The van der Waals surface area contributed by atoms with Crippen molar-refractivity contribution in [1.82, 2.24) is 14.6 Å². The third-order valence-electron chi connectivity index (χ3n) is 4.79. The number of hydrogen-bond donors (Lipinski definition) is 2. The van der Waals surface area contributed by atoms with Crippen molar-refractivity contribution < 1.29 is 8.42 Å². The summed E-state index contributed by atoms with van der Waals surface area (Å²) in [7, 11) is -3.09. The van der Waals surface area contributed by atoms with Crippen LogP contribution in [0.4, 0.5) is 0 Å². The third-order valence-corrected chi connectivity index (χ3v) is 5.48. The molecule has 0 bridgehead atoms. The summed E-state index contributed by atoms with van der Waals surface area (Å²) in [6.45, 7) is 7.70. The molecule has 1 aromatic carbocycles. The van der Waals surface area contributed by atoms with Crippen molar-refractivity contribution in [2.45, 2.75) is 26.8 Å². The molecule has 23 heavy (non-hydrogen) atoms. The molecule has 1 atom stereocenters. The first-order chi connectivity index (χ1) is 10.8. The molecule has 2 N–H and O–H groups in total. The van der Waals surface area contributed by atoms with Gasteiger partial charge in [0.25, 0.3) is 0 Å². The highest BCUT2D eigenvalue weighted by atomic mass is 32.2. The molecule has 0 saturated carbocycles. The Kier molecular flexibility index (Phi) is 4.49. The minimum Gasteiger partial charge on any atom is -0.357 e. The molecule has 0 radical (unpaired) electrons. The van der Waals surface area contributed by atoms with Crippen molar-refractivity contribution >= 4 is 20.9 Å². The Morgan fingerprint density at radius 1 is 1.35 bits per heavy atom. The molecule has 0 spiro atoms. The average molecular weight is 335 g/mol. The van der Waals surface area contributed by atoms with Gasteiger partial charge in [-0.15, -0.1) is 0 Å². The number of aromatic amines is 1. The summed E-state index contributed by atoms with van der Waals surface area (Å²) in [5.41, 5.74) is 5.09. The van der Waals surface area contributed by atoms with Gasteiger partial charge in [-0.2, -0.15) is 0 Å². The van der Waals surface area contributed by atoms with Gasteiger partial charge in [0.15, 0.2) is 0 Å². The van der Waals surface area contributed by atoms with Crippen molar-refractivity contribution in [3.05, 3.63) is 35.0 Å². The van der Waals surface area contributed by atoms with Gasteiger partial charge in [0.05, 0.1) is 6.26 Å². The maximum absolute atomic E-state index is 11.2. The van der Waals surface area contributed by atoms with Gasteiger partial charge in [0, 0.05) is 36.2 Å². The number of likely N-dealkylation sites (tertiary alicyclic amines) is 1. The molecule has 1 aliphatic heterocycles. The van der Waals surface area contributed by atoms with Gasteiger partial charge < -0.3 is 4.98 Å².